The van der Waals surface area contributed by atoms with E-state index >= 15 is 0 Å². The van der Waals surface area contributed by atoms with Crippen LogP contribution in [0.4, 0.5) is 0 Å². The number of aromatic nitrogens is 4. The molecule has 0 atom stereocenters. The van der Waals surface area contributed by atoms with Crippen molar-refractivity contribution in [2.24, 2.45) is 0 Å². The van der Waals surface area contributed by atoms with Gasteiger partial charge in [-0.3, -0.25) is 4.98 Å². The van der Waals surface area contributed by atoms with Crippen LogP contribution in [0.1, 0.15) is 36.2 Å². The fraction of sp³-hybridized carbons (Fsp3) is 0.462. The Kier molecular flexibility index (Phi) is 4.13. The molecule has 1 saturated carbocycles. The van der Waals surface area contributed by atoms with Gasteiger partial charge in [-0.15, -0.1) is 10.2 Å². The van der Waals surface area contributed by atoms with E-state index in [1.807, 2.05) is 11.5 Å². The maximum Gasteiger partial charge on any atom is 0.163 e. The van der Waals surface area contributed by atoms with Crippen LogP contribution in [0.3, 0.4) is 0 Å². The Hall–Kier alpha value is -1.18. The van der Waals surface area contributed by atoms with Gasteiger partial charge in [-0.25, -0.2) is 8.42 Å². The van der Waals surface area contributed by atoms with E-state index in [4.69, 9.17) is 23.2 Å². The molecule has 118 valence electrons. The number of pyridine rings is 1. The Morgan fingerprint density at radius 3 is 2.64 bits per heavy atom. The first-order valence-corrected chi connectivity index (χ1v) is 9.34. The normalized spacial score (nSPS) is 15.2. The Balaban J connectivity index is 1.82. The minimum Gasteiger partial charge on any atom is -0.311 e. The molecule has 9 heteroatoms. The van der Waals surface area contributed by atoms with Crippen molar-refractivity contribution in [2.75, 3.05) is 0 Å². The number of hydrogen-bond acceptors (Lipinski definition) is 5. The van der Waals surface area contributed by atoms with Crippen LogP contribution in [0.2, 0.25) is 10.0 Å². The molecule has 0 bridgehead atoms. The minimum absolute atomic E-state index is 0.176. The number of sulfone groups is 1. The minimum atomic E-state index is -3.45. The molecular formula is C13H14Cl2N4O2S. The Bertz CT molecular complexity index is 815. The number of nitrogens with zero attached hydrogens (tertiary/aromatic N) is 4. The average Bonchev–Trinajstić information content (AvgIpc) is 3.18. The Morgan fingerprint density at radius 1 is 1.27 bits per heavy atom. The summed E-state index contributed by atoms with van der Waals surface area (Å²) in [6.45, 7) is 1.83. The molecule has 0 aromatic carbocycles. The molecule has 0 N–H and O–H groups in total. The van der Waals surface area contributed by atoms with Gasteiger partial charge in [0.05, 0.1) is 21.5 Å². The molecule has 2 aromatic heterocycles. The summed E-state index contributed by atoms with van der Waals surface area (Å²) in [5.41, 5.74) is 0.292. The second-order valence-electron chi connectivity index (χ2n) is 5.38. The summed E-state index contributed by atoms with van der Waals surface area (Å²) in [5, 5.41) is 8.60. The maximum absolute atomic E-state index is 12.4. The molecule has 0 radical (unpaired) electrons. The highest BCUT2D eigenvalue weighted by atomic mass is 35.5. The summed E-state index contributed by atoms with van der Waals surface area (Å²) in [5.74, 6) is 0.797. The molecule has 2 heterocycles. The van der Waals surface area contributed by atoms with Crippen molar-refractivity contribution < 1.29 is 8.42 Å². The van der Waals surface area contributed by atoms with Crippen molar-refractivity contribution in [3.8, 4) is 0 Å². The molecule has 0 unspecified atom stereocenters. The van der Waals surface area contributed by atoms with Crippen LogP contribution in [0.5, 0.6) is 0 Å². The lowest BCUT2D eigenvalue weighted by molar-refractivity contribution is 0.588. The molecule has 0 amide bonds. The summed E-state index contributed by atoms with van der Waals surface area (Å²) in [7, 11) is -3.45. The van der Waals surface area contributed by atoms with Gasteiger partial charge in [0.25, 0.3) is 0 Å². The van der Waals surface area contributed by atoms with Gasteiger partial charge >= 0.3 is 0 Å². The summed E-state index contributed by atoms with van der Waals surface area (Å²) < 4.78 is 26.7. The molecule has 0 aliphatic heterocycles. The first-order valence-electron chi connectivity index (χ1n) is 6.76. The zero-order valence-electron chi connectivity index (χ0n) is 11.8. The summed E-state index contributed by atoms with van der Waals surface area (Å²) in [6, 6.07) is 1.81. The standard InChI is InChI=1S/C13H14Cl2N4O2S/c1-8-17-18-13(19(8)10-2-3-10)7-22(20,21)6-12-11(15)4-9(14)5-16-12/h4-5,10H,2-3,6-7H2,1H3. The van der Waals surface area contributed by atoms with E-state index in [-0.39, 0.29) is 16.5 Å². The quantitative estimate of drug-likeness (QED) is 0.818. The summed E-state index contributed by atoms with van der Waals surface area (Å²) in [4.78, 5) is 3.99. The SMILES string of the molecule is Cc1nnc(CS(=O)(=O)Cc2ncc(Cl)cc2Cl)n1C1CC1. The molecule has 2 aromatic rings. The smallest absolute Gasteiger partial charge is 0.163 e. The van der Waals surface area contributed by atoms with Gasteiger partial charge in [0.15, 0.2) is 9.84 Å². The van der Waals surface area contributed by atoms with E-state index in [2.05, 4.69) is 15.2 Å². The van der Waals surface area contributed by atoms with Crippen LogP contribution in [0.25, 0.3) is 0 Å². The van der Waals surface area contributed by atoms with Crippen molar-refractivity contribution in [2.45, 2.75) is 37.3 Å². The van der Waals surface area contributed by atoms with E-state index in [0.29, 0.717) is 22.6 Å². The molecule has 1 aliphatic carbocycles. The average molecular weight is 361 g/mol. The number of aryl methyl sites for hydroxylation is 1. The second kappa shape index (κ2) is 5.79. The fourth-order valence-corrected chi connectivity index (χ4v) is 4.19. The predicted octanol–water partition coefficient (Wildman–Crippen LogP) is 2.74. The predicted molar refractivity (Wildman–Crippen MR) is 83.6 cm³/mol. The van der Waals surface area contributed by atoms with Gasteiger partial charge in [-0.05, 0) is 25.8 Å². The Labute approximate surface area is 138 Å². The fourth-order valence-electron chi connectivity index (χ4n) is 2.32. The molecule has 0 spiro atoms. The van der Waals surface area contributed by atoms with Crippen LogP contribution < -0.4 is 0 Å². The number of rotatable bonds is 5. The van der Waals surface area contributed by atoms with Gasteiger partial charge in [0.1, 0.15) is 17.4 Å². The van der Waals surface area contributed by atoms with Crippen molar-refractivity contribution in [1.29, 1.82) is 0 Å². The van der Waals surface area contributed by atoms with Crippen molar-refractivity contribution in [3.05, 3.63) is 39.7 Å². The van der Waals surface area contributed by atoms with E-state index in [1.165, 1.54) is 12.3 Å². The summed E-state index contributed by atoms with van der Waals surface area (Å²) in [6.07, 6.45) is 3.46. The van der Waals surface area contributed by atoms with Gasteiger partial charge < -0.3 is 4.57 Å². The zero-order chi connectivity index (χ0) is 15.9. The lowest BCUT2D eigenvalue weighted by Crippen LogP contribution is -2.13. The first-order chi connectivity index (χ1) is 10.4. The van der Waals surface area contributed by atoms with Gasteiger partial charge in [0.2, 0.25) is 0 Å². The molecule has 22 heavy (non-hydrogen) atoms. The third-order valence-electron chi connectivity index (χ3n) is 3.44. The monoisotopic (exact) mass is 360 g/mol. The molecular weight excluding hydrogens is 347 g/mol. The highest BCUT2D eigenvalue weighted by Crippen LogP contribution is 2.36. The van der Waals surface area contributed by atoms with Gasteiger partial charge in [0, 0.05) is 12.2 Å². The third-order valence-corrected chi connectivity index (χ3v) is 5.38. The lowest BCUT2D eigenvalue weighted by Gasteiger charge is -2.08. The van der Waals surface area contributed by atoms with Gasteiger partial charge in [-0.2, -0.15) is 0 Å². The van der Waals surface area contributed by atoms with Crippen molar-refractivity contribution in [1.82, 2.24) is 19.7 Å². The van der Waals surface area contributed by atoms with Crippen molar-refractivity contribution in [3.63, 3.8) is 0 Å². The zero-order valence-corrected chi connectivity index (χ0v) is 14.2. The highest BCUT2D eigenvalue weighted by Gasteiger charge is 2.30. The molecule has 1 fully saturated rings. The van der Waals surface area contributed by atoms with E-state index in [1.54, 1.807) is 0 Å². The molecule has 6 nitrogen and oxygen atoms in total. The first kappa shape index (κ1) is 15.7. The number of halogens is 2. The Morgan fingerprint density at radius 2 is 2.00 bits per heavy atom. The number of hydrogen-bond donors (Lipinski definition) is 0. The largest absolute Gasteiger partial charge is 0.311 e. The van der Waals surface area contributed by atoms with Crippen LogP contribution in [0.15, 0.2) is 12.3 Å². The molecule has 1 aliphatic rings. The van der Waals surface area contributed by atoms with Gasteiger partial charge in [-0.1, -0.05) is 23.2 Å². The summed E-state index contributed by atoms with van der Waals surface area (Å²) >= 11 is 11.8. The topological polar surface area (TPSA) is 77.7 Å². The van der Waals surface area contributed by atoms with E-state index in [0.717, 1.165) is 18.7 Å². The third kappa shape index (κ3) is 3.42. The van der Waals surface area contributed by atoms with E-state index in [9.17, 15) is 8.42 Å². The van der Waals surface area contributed by atoms with Crippen molar-refractivity contribution >= 4 is 33.0 Å². The molecule has 0 saturated heterocycles. The van der Waals surface area contributed by atoms with Crippen LogP contribution in [-0.2, 0) is 21.3 Å². The second-order valence-corrected chi connectivity index (χ2v) is 8.29. The maximum atomic E-state index is 12.4. The molecule has 3 rings (SSSR count). The highest BCUT2D eigenvalue weighted by molar-refractivity contribution is 7.89. The van der Waals surface area contributed by atoms with Crippen LogP contribution >= 0.6 is 23.2 Å². The van der Waals surface area contributed by atoms with Crippen LogP contribution in [0, 0.1) is 6.92 Å². The van der Waals surface area contributed by atoms with E-state index < -0.39 is 9.84 Å². The lowest BCUT2D eigenvalue weighted by atomic mass is 10.4. The van der Waals surface area contributed by atoms with Crippen LogP contribution in [-0.4, -0.2) is 28.2 Å².